The lowest BCUT2D eigenvalue weighted by atomic mass is 10.1. The third kappa shape index (κ3) is 4.43. The monoisotopic (exact) mass is 383 g/mol. The number of aliphatic hydroxyl groups excluding tert-OH is 1. The molecular formula is C21H25N3O4. The van der Waals surface area contributed by atoms with Gasteiger partial charge in [0.25, 0.3) is 5.91 Å². The van der Waals surface area contributed by atoms with Crippen molar-refractivity contribution in [1.82, 2.24) is 10.2 Å². The van der Waals surface area contributed by atoms with Gasteiger partial charge in [0.05, 0.1) is 17.8 Å². The van der Waals surface area contributed by atoms with Gasteiger partial charge in [-0.1, -0.05) is 30.3 Å². The molecule has 148 valence electrons. The van der Waals surface area contributed by atoms with E-state index >= 15 is 0 Å². The van der Waals surface area contributed by atoms with Crippen molar-refractivity contribution in [2.45, 2.75) is 25.5 Å². The molecule has 0 spiro atoms. The Balaban J connectivity index is 1.69. The summed E-state index contributed by atoms with van der Waals surface area (Å²) in [5, 5.41) is 15.9. The number of likely N-dealkylation sites (N-methyl/N-ethyl adjacent to an activating group) is 1. The summed E-state index contributed by atoms with van der Waals surface area (Å²) in [5.74, 6) is 0.236. The Morgan fingerprint density at radius 1 is 1.21 bits per heavy atom. The Kier molecular flexibility index (Phi) is 5.84. The van der Waals surface area contributed by atoms with Crippen molar-refractivity contribution in [2.24, 2.45) is 0 Å². The highest BCUT2D eigenvalue weighted by Gasteiger charge is 2.32. The highest BCUT2D eigenvalue weighted by Crippen LogP contribution is 2.31. The number of nitrogens with zero attached hydrogens (tertiary/aromatic N) is 1. The molecule has 3 N–H and O–H groups in total. The van der Waals surface area contributed by atoms with Crippen LogP contribution in [0.4, 0.5) is 10.5 Å². The Morgan fingerprint density at radius 2 is 1.96 bits per heavy atom. The number of aliphatic hydroxyl groups is 1. The van der Waals surface area contributed by atoms with Crippen molar-refractivity contribution < 1.29 is 19.4 Å². The number of benzene rings is 2. The van der Waals surface area contributed by atoms with Gasteiger partial charge < -0.3 is 25.4 Å². The number of nitrogens with one attached hydrogen (secondary N) is 2. The Labute approximate surface area is 164 Å². The minimum Gasteiger partial charge on any atom is -0.482 e. The maximum Gasteiger partial charge on any atom is 0.319 e. The highest BCUT2D eigenvalue weighted by molar-refractivity contribution is 5.91. The second-order valence-corrected chi connectivity index (χ2v) is 7.12. The van der Waals surface area contributed by atoms with Gasteiger partial charge in [0.2, 0.25) is 0 Å². The molecule has 0 bridgehead atoms. The topological polar surface area (TPSA) is 90.9 Å². The summed E-state index contributed by atoms with van der Waals surface area (Å²) in [6, 6.07) is 12.1. The molecule has 28 heavy (non-hydrogen) atoms. The number of fused-ring (bicyclic) bond motifs is 1. The zero-order valence-electron chi connectivity index (χ0n) is 16.2. The quantitative estimate of drug-likeness (QED) is 0.739. The number of carbonyl (C=O) groups is 2. The maximum atomic E-state index is 12.5. The van der Waals surface area contributed by atoms with Crippen LogP contribution in [0.15, 0.2) is 42.5 Å². The predicted molar refractivity (Wildman–Crippen MR) is 106 cm³/mol. The van der Waals surface area contributed by atoms with Gasteiger partial charge in [0.1, 0.15) is 5.75 Å². The maximum absolute atomic E-state index is 12.5. The lowest BCUT2D eigenvalue weighted by Crippen LogP contribution is -2.37. The number of rotatable bonds is 5. The standard InChI is InChI=1S/C21H25N3O4/c1-13-8-9-16(18(10-13)28-12-19(26)24(2)3)22-21(27)23-20-15-7-5-4-6-14(15)11-17(20)25/h4-10,17,20,25H,11-12H2,1-3H3,(H2,22,23,27)/t17-,20+/m1/s1. The van der Waals surface area contributed by atoms with Crippen LogP contribution in [-0.2, 0) is 11.2 Å². The Bertz CT molecular complexity index is 882. The molecule has 0 aliphatic heterocycles. The van der Waals surface area contributed by atoms with Crippen LogP contribution in [0.1, 0.15) is 22.7 Å². The highest BCUT2D eigenvalue weighted by atomic mass is 16.5. The third-order valence-electron chi connectivity index (χ3n) is 4.73. The van der Waals surface area contributed by atoms with Gasteiger partial charge in [-0.25, -0.2) is 4.79 Å². The van der Waals surface area contributed by atoms with Gasteiger partial charge in [-0.05, 0) is 35.7 Å². The molecule has 3 rings (SSSR count). The number of carbonyl (C=O) groups excluding carboxylic acids is 2. The summed E-state index contributed by atoms with van der Waals surface area (Å²) in [7, 11) is 3.30. The van der Waals surface area contributed by atoms with E-state index in [1.165, 1.54) is 4.90 Å². The summed E-state index contributed by atoms with van der Waals surface area (Å²) in [4.78, 5) is 25.8. The van der Waals surface area contributed by atoms with Crippen molar-refractivity contribution in [3.8, 4) is 5.75 Å². The van der Waals surface area contributed by atoms with Crippen LogP contribution >= 0.6 is 0 Å². The molecule has 7 nitrogen and oxygen atoms in total. The van der Waals surface area contributed by atoms with Crippen LogP contribution in [0.2, 0.25) is 0 Å². The Morgan fingerprint density at radius 3 is 2.71 bits per heavy atom. The van der Waals surface area contributed by atoms with E-state index in [-0.39, 0.29) is 12.5 Å². The summed E-state index contributed by atoms with van der Waals surface area (Å²) in [6.07, 6.45) is -0.165. The van der Waals surface area contributed by atoms with Crippen molar-refractivity contribution in [1.29, 1.82) is 0 Å². The smallest absolute Gasteiger partial charge is 0.319 e. The van der Waals surface area contributed by atoms with Crippen molar-refractivity contribution in [3.05, 3.63) is 59.2 Å². The second-order valence-electron chi connectivity index (χ2n) is 7.12. The summed E-state index contributed by atoms with van der Waals surface area (Å²) in [6.45, 7) is 1.78. The summed E-state index contributed by atoms with van der Waals surface area (Å²) in [5.41, 5.74) is 3.35. The second kappa shape index (κ2) is 8.31. The molecule has 0 aromatic heterocycles. The molecular weight excluding hydrogens is 358 g/mol. The van der Waals surface area contributed by atoms with Gasteiger partial charge in [0.15, 0.2) is 6.61 Å². The molecule has 2 atom stereocenters. The number of urea groups is 1. The number of anilines is 1. The van der Waals surface area contributed by atoms with E-state index in [9.17, 15) is 14.7 Å². The SMILES string of the molecule is Cc1ccc(NC(=O)N[C@H]2c3ccccc3C[C@H]2O)c(OCC(=O)N(C)C)c1. The largest absolute Gasteiger partial charge is 0.482 e. The molecule has 0 radical (unpaired) electrons. The normalized spacial score (nSPS) is 17.6. The van der Waals surface area contributed by atoms with Crippen LogP contribution in [0.3, 0.4) is 0 Å². The molecule has 1 aliphatic rings. The van der Waals surface area contributed by atoms with E-state index in [2.05, 4.69) is 10.6 Å². The molecule has 7 heteroatoms. The van der Waals surface area contributed by atoms with Crippen LogP contribution in [-0.4, -0.2) is 48.8 Å². The number of aryl methyl sites for hydroxylation is 1. The van der Waals surface area contributed by atoms with Gasteiger partial charge in [-0.2, -0.15) is 0 Å². The molecule has 0 saturated heterocycles. The predicted octanol–water partition coefficient (Wildman–Crippen LogP) is 2.24. The Hall–Kier alpha value is -3.06. The molecule has 1 aliphatic carbocycles. The first-order chi connectivity index (χ1) is 13.3. The number of hydrogen-bond donors (Lipinski definition) is 3. The van der Waals surface area contributed by atoms with Gasteiger partial charge in [-0.15, -0.1) is 0 Å². The molecule has 0 unspecified atom stereocenters. The zero-order chi connectivity index (χ0) is 20.3. The molecule has 0 heterocycles. The lowest BCUT2D eigenvalue weighted by Gasteiger charge is -2.20. The van der Waals surface area contributed by atoms with Gasteiger partial charge in [0, 0.05) is 20.5 Å². The van der Waals surface area contributed by atoms with E-state index < -0.39 is 18.2 Å². The fourth-order valence-electron chi connectivity index (χ4n) is 3.17. The first-order valence-corrected chi connectivity index (χ1v) is 9.12. The van der Waals surface area contributed by atoms with Gasteiger partial charge in [-0.3, -0.25) is 4.79 Å². The number of hydrogen-bond acceptors (Lipinski definition) is 4. The minimum atomic E-state index is -0.672. The fourth-order valence-corrected chi connectivity index (χ4v) is 3.17. The van der Waals surface area contributed by atoms with Crippen LogP contribution < -0.4 is 15.4 Å². The molecule has 2 aromatic carbocycles. The van der Waals surface area contributed by atoms with Crippen LogP contribution in [0.25, 0.3) is 0 Å². The van der Waals surface area contributed by atoms with E-state index in [0.29, 0.717) is 17.9 Å². The van der Waals surface area contributed by atoms with Crippen LogP contribution in [0, 0.1) is 6.92 Å². The van der Waals surface area contributed by atoms with E-state index in [1.54, 1.807) is 26.2 Å². The molecule has 2 aromatic rings. The van der Waals surface area contributed by atoms with E-state index in [1.807, 2.05) is 37.3 Å². The molecule has 0 fully saturated rings. The first-order valence-electron chi connectivity index (χ1n) is 9.12. The summed E-state index contributed by atoms with van der Waals surface area (Å²) >= 11 is 0. The fraction of sp³-hybridized carbons (Fsp3) is 0.333. The number of amides is 3. The average molecular weight is 383 g/mol. The first kappa shape index (κ1) is 19.7. The summed E-state index contributed by atoms with van der Waals surface area (Å²) < 4.78 is 5.61. The number of ether oxygens (including phenoxy) is 1. The van der Waals surface area contributed by atoms with E-state index in [4.69, 9.17) is 4.74 Å². The molecule has 3 amide bonds. The van der Waals surface area contributed by atoms with Crippen molar-refractivity contribution in [2.75, 3.05) is 26.0 Å². The van der Waals surface area contributed by atoms with E-state index in [0.717, 1.165) is 16.7 Å². The van der Waals surface area contributed by atoms with Crippen molar-refractivity contribution >= 4 is 17.6 Å². The van der Waals surface area contributed by atoms with Gasteiger partial charge >= 0.3 is 6.03 Å². The lowest BCUT2D eigenvalue weighted by molar-refractivity contribution is -0.130. The zero-order valence-corrected chi connectivity index (χ0v) is 16.2. The third-order valence-corrected chi connectivity index (χ3v) is 4.73. The average Bonchev–Trinajstić information content (AvgIpc) is 2.97. The van der Waals surface area contributed by atoms with Crippen LogP contribution in [0.5, 0.6) is 5.75 Å². The van der Waals surface area contributed by atoms with Crippen molar-refractivity contribution in [3.63, 3.8) is 0 Å². The molecule has 0 saturated carbocycles. The minimum absolute atomic E-state index is 0.124.